The summed E-state index contributed by atoms with van der Waals surface area (Å²) in [5, 5.41) is 3.13. The van der Waals surface area contributed by atoms with E-state index in [1.54, 1.807) is 43.5 Å². The van der Waals surface area contributed by atoms with Gasteiger partial charge in [0.25, 0.3) is 5.91 Å². The normalized spacial score (nSPS) is 16.7. The van der Waals surface area contributed by atoms with E-state index in [9.17, 15) is 9.59 Å². The number of para-hydroxylation sites is 1. The highest BCUT2D eigenvalue weighted by Crippen LogP contribution is 2.22. The van der Waals surface area contributed by atoms with Gasteiger partial charge in [-0.05, 0) is 49.9 Å². The van der Waals surface area contributed by atoms with Gasteiger partial charge in [-0.25, -0.2) is 9.78 Å². The maximum absolute atomic E-state index is 12.6. The first-order valence-electron chi connectivity index (χ1n) is 9.37. The van der Waals surface area contributed by atoms with Gasteiger partial charge in [-0.15, -0.1) is 0 Å². The zero-order valence-electron chi connectivity index (χ0n) is 15.8. The molecule has 1 amide bonds. The largest absolute Gasteiger partial charge is 0.462 e. The van der Waals surface area contributed by atoms with Crippen molar-refractivity contribution in [3.05, 3.63) is 53.7 Å². The number of likely N-dealkylation sites (tertiary alicyclic amines) is 1. The van der Waals surface area contributed by atoms with Gasteiger partial charge in [0.2, 0.25) is 0 Å². The number of amides is 1. The third-order valence-corrected chi connectivity index (χ3v) is 4.64. The van der Waals surface area contributed by atoms with Crippen LogP contribution in [0.5, 0.6) is 0 Å². The summed E-state index contributed by atoms with van der Waals surface area (Å²) in [5.41, 5.74) is 1.64. The van der Waals surface area contributed by atoms with E-state index in [4.69, 9.17) is 4.74 Å². The summed E-state index contributed by atoms with van der Waals surface area (Å²) in [5.74, 6) is 0.741. The number of carbonyl (C=O) groups excluding carboxylic acids is 2. The van der Waals surface area contributed by atoms with Gasteiger partial charge in [-0.2, -0.15) is 0 Å². The number of pyridine rings is 1. The quantitative estimate of drug-likeness (QED) is 0.812. The van der Waals surface area contributed by atoms with Crippen molar-refractivity contribution in [3.8, 4) is 0 Å². The Kier molecular flexibility index (Phi) is 6.06. The summed E-state index contributed by atoms with van der Waals surface area (Å²) >= 11 is 0. The molecule has 1 aliphatic heterocycles. The van der Waals surface area contributed by atoms with Crippen LogP contribution in [-0.2, 0) is 4.74 Å². The fourth-order valence-corrected chi connectivity index (χ4v) is 3.27. The summed E-state index contributed by atoms with van der Waals surface area (Å²) < 4.78 is 5.08. The minimum atomic E-state index is -0.383. The topological polar surface area (TPSA) is 71.5 Å². The molecule has 1 fully saturated rings. The highest BCUT2D eigenvalue weighted by atomic mass is 16.5. The first-order valence-corrected chi connectivity index (χ1v) is 9.37. The second kappa shape index (κ2) is 8.66. The van der Waals surface area contributed by atoms with E-state index >= 15 is 0 Å². The Balaban J connectivity index is 1.71. The van der Waals surface area contributed by atoms with Gasteiger partial charge < -0.3 is 15.0 Å². The molecule has 0 saturated carbocycles. The van der Waals surface area contributed by atoms with Crippen LogP contribution in [0.1, 0.15) is 47.4 Å². The van der Waals surface area contributed by atoms with Gasteiger partial charge in [0.15, 0.2) is 0 Å². The standard InChI is InChI=1S/C21H25N3O3/c1-3-27-21(26)17-8-4-5-9-18(17)23-19-11-10-16(13-22-19)20(25)24-12-6-7-15(2)14-24/h4-5,8-11,13,15H,3,6-7,12,14H2,1-2H3,(H,22,23). The molecule has 3 rings (SSSR count). The summed E-state index contributed by atoms with van der Waals surface area (Å²) in [6.07, 6.45) is 3.80. The second-order valence-electron chi connectivity index (χ2n) is 6.82. The first kappa shape index (κ1) is 18.9. The van der Waals surface area contributed by atoms with Gasteiger partial charge in [-0.1, -0.05) is 19.1 Å². The minimum absolute atomic E-state index is 0.0209. The molecule has 0 spiro atoms. The number of nitrogens with one attached hydrogen (secondary N) is 1. The SMILES string of the molecule is CCOC(=O)c1ccccc1Nc1ccc(C(=O)N2CCCC(C)C2)cn1. The highest BCUT2D eigenvalue weighted by Gasteiger charge is 2.22. The van der Waals surface area contributed by atoms with Crippen molar-refractivity contribution in [2.45, 2.75) is 26.7 Å². The summed E-state index contributed by atoms with van der Waals surface area (Å²) in [7, 11) is 0. The highest BCUT2D eigenvalue weighted by molar-refractivity contribution is 5.96. The lowest BCUT2D eigenvalue weighted by atomic mass is 10.00. The van der Waals surface area contributed by atoms with Crippen molar-refractivity contribution in [1.82, 2.24) is 9.88 Å². The maximum atomic E-state index is 12.6. The molecule has 1 aromatic heterocycles. The molecule has 6 heteroatoms. The average molecular weight is 367 g/mol. The molecule has 2 aromatic rings. The van der Waals surface area contributed by atoms with E-state index < -0.39 is 0 Å². The van der Waals surface area contributed by atoms with Crippen LogP contribution < -0.4 is 5.32 Å². The summed E-state index contributed by atoms with van der Waals surface area (Å²) in [6.45, 7) is 5.86. The predicted octanol–water partition coefficient (Wildman–Crippen LogP) is 3.87. The van der Waals surface area contributed by atoms with Gasteiger partial charge >= 0.3 is 5.97 Å². The van der Waals surface area contributed by atoms with Gasteiger partial charge in [0.05, 0.1) is 23.4 Å². The van der Waals surface area contributed by atoms with Crippen LogP contribution in [0.25, 0.3) is 0 Å². The minimum Gasteiger partial charge on any atom is -0.462 e. The molecule has 1 N–H and O–H groups in total. The predicted molar refractivity (Wildman–Crippen MR) is 104 cm³/mol. The van der Waals surface area contributed by atoms with E-state index in [0.717, 1.165) is 19.5 Å². The number of anilines is 2. The van der Waals surface area contributed by atoms with Crippen LogP contribution >= 0.6 is 0 Å². The number of aromatic nitrogens is 1. The molecule has 1 aliphatic rings. The van der Waals surface area contributed by atoms with Crippen molar-refractivity contribution in [1.29, 1.82) is 0 Å². The fourth-order valence-electron chi connectivity index (χ4n) is 3.27. The Bertz CT molecular complexity index is 805. The van der Waals surface area contributed by atoms with Crippen molar-refractivity contribution in [2.75, 3.05) is 25.0 Å². The van der Waals surface area contributed by atoms with Gasteiger partial charge in [-0.3, -0.25) is 4.79 Å². The number of hydrogen-bond donors (Lipinski definition) is 1. The number of ether oxygens (including phenoxy) is 1. The van der Waals surface area contributed by atoms with Crippen LogP contribution in [0.2, 0.25) is 0 Å². The molecule has 1 aromatic carbocycles. The summed E-state index contributed by atoms with van der Waals surface area (Å²) in [4.78, 5) is 30.9. The average Bonchev–Trinajstić information content (AvgIpc) is 2.68. The maximum Gasteiger partial charge on any atom is 0.340 e. The van der Waals surface area contributed by atoms with Crippen LogP contribution in [0.4, 0.5) is 11.5 Å². The number of rotatable bonds is 5. The zero-order chi connectivity index (χ0) is 19.2. The van der Waals surface area contributed by atoms with Crippen molar-refractivity contribution in [2.24, 2.45) is 5.92 Å². The van der Waals surface area contributed by atoms with Crippen molar-refractivity contribution < 1.29 is 14.3 Å². The van der Waals surface area contributed by atoms with Crippen LogP contribution in [0.15, 0.2) is 42.6 Å². The molecule has 1 atom stereocenters. The third-order valence-electron chi connectivity index (χ3n) is 4.64. The lowest BCUT2D eigenvalue weighted by Crippen LogP contribution is -2.39. The molecule has 2 heterocycles. The number of carbonyl (C=O) groups is 2. The third kappa shape index (κ3) is 4.64. The molecule has 1 saturated heterocycles. The molecule has 0 aliphatic carbocycles. The van der Waals surface area contributed by atoms with E-state index in [1.165, 1.54) is 6.42 Å². The Morgan fingerprint density at radius 3 is 2.78 bits per heavy atom. The monoisotopic (exact) mass is 367 g/mol. The molecular weight excluding hydrogens is 342 g/mol. The van der Waals surface area contributed by atoms with Gasteiger partial charge in [0, 0.05) is 19.3 Å². The number of piperidine rings is 1. The molecule has 0 bridgehead atoms. The van der Waals surface area contributed by atoms with Crippen LogP contribution in [0.3, 0.4) is 0 Å². The van der Waals surface area contributed by atoms with E-state index in [-0.39, 0.29) is 11.9 Å². The second-order valence-corrected chi connectivity index (χ2v) is 6.82. The molecule has 6 nitrogen and oxygen atoms in total. The number of hydrogen-bond acceptors (Lipinski definition) is 5. The van der Waals surface area contributed by atoms with E-state index in [0.29, 0.717) is 35.2 Å². The lowest BCUT2D eigenvalue weighted by molar-refractivity contribution is 0.0527. The lowest BCUT2D eigenvalue weighted by Gasteiger charge is -2.30. The summed E-state index contributed by atoms with van der Waals surface area (Å²) in [6, 6.07) is 10.6. The molecule has 142 valence electrons. The smallest absolute Gasteiger partial charge is 0.340 e. The van der Waals surface area contributed by atoms with E-state index in [2.05, 4.69) is 17.2 Å². The van der Waals surface area contributed by atoms with Crippen LogP contribution in [-0.4, -0.2) is 41.5 Å². The van der Waals surface area contributed by atoms with Gasteiger partial charge in [0.1, 0.15) is 5.82 Å². The Labute approximate surface area is 159 Å². The molecule has 27 heavy (non-hydrogen) atoms. The number of nitrogens with zero attached hydrogens (tertiary/aromatic N) is 2. The van der Waals surface area contributed by atoms with Crippen molar-refractivity contribution in [3.63, 3.8) is 0 Å². The Hall–Kier alpha value is -2.89. The molecule has 0 radical (unpaired) electrons. The fraction of sp³-hybridized carbons (Fsp3) is 0.381. The van der Waals surface area contributed by atoms with Crippen molar-refractivity contribution >= 4 is 23.4 Å². The zero-order valence-corrected chi connectivity index (χ0v) is 15.8. The molecule has 1 unspecified atom stereocenters. The number of benzene rings is 1. The Morgan fingerprint density at radius 2 is 2.07 bits per heavy atom. The Morgan fingerprint density at radius 1 is 1.26 bits per heavy atom. The first-order chi connectivity index (χ1) is 13.1. The van der Waals surface area contributed by atoms with E-state index in [1.807, 2.05) is 11.0 Å². The molecular formula is C21H25N3O3. The van der Waals surface area contributed by atoms with Crippen LogP contribution in [0, 0.1) is 5.92 Å². The number of esters is 1.